The Bertz CT molecular complexity index is 766. The number of amides is 2. The molecule has 0 spiro atoms. The lowest BCUT2D eigenvalue weighted by Gasteiger charge is -2.27. The summed E-state index contributed by atoms with van der Waals surface area (Å²) >= 11 is 0. The largest absolute Gasteiger partial charge is 0.366 e. The van der Waals surface area contributed by atoms with E-state index in [4.69, 9.17) is 5.73 Å². The standard InChI is InChI=1S/C19H24N4O2/c1-13(19(25)21-15-9-7-14(8-10-15)18(20)24)23-12-4-6-17(23)16-5-3-11-22(16)2/h3,5,7-11,13,17H,4,6,12H2,1-2H3,(H2,20,24)(H,21,25)/p+1/t13-,17+/m0/s1. The predicted molar refractivity (Wildman–Crippen MR) is 96.3 cm³/mol. The number of aromatic nitrogens is 1. The van der Waals surface area contributed by atoms with Crippen LogP contribution in [0.25, 0.3) is 0 Å². The molecule has 4 N–H and O–H groups in total. The molecule has 1 saturated heterocycles. The third-order valence-electron chi connectivity index (χ3n) is 5.13. The van der Waals surface area contributed by atoms with Gasteiger partial charge in [0.15, 0.2) is 6.04 Å². The van der Waals surface area contributed by atoms with Crippen molar-refractivity contribution in [2.75, 3.05) is 11.9 Å². The molecule has 6 heteroatoms. The number of aryl methyl sites for hydroxylation is 1. The zero-order valence-electron chi connectivity index (χ0n) is 14.7. The van der Waals surface area contributed by atoms with Crippen LogP contribution >= 0.6 is 0 Å². The molecular formula is C19H25N4O2+. The summed E-state index contributed by atoms with van der Waals surface area (Å²) in [5.74, 6) is -0.485. The minimum Gasteiger partial charge on any atom is -0.366 e. The Kier molecular flexibility index (Phi) is 4.90. The Morgan fingerprint density at radius 1 is 1.28 bits per heavy atom. The van der Waals surface area contributed by atoms with Gasteiger partial charge in [-0.25, -0.2) is 0 Å². The van der Waals surface area contributed by atoms with Crippen molar-refractivity contribution in [2.45, 2.75) is 31.8 Å². The van der Waals surface area contributed by atoms with Crippen molar-refractivity contribution in [3.63, 3.8) is 0 Å². The molecule has 1 unspecified atom stereocenters. The molecule has 1 aromatic heterocycles. The highest BCUT2D eigenvalue weighted by molar-refractivity contribution is 5.95. The number of nitrogens with zero attached hydrogens (tertiary/aromatic N) is 1. The molecule has 3 atom stereocenters. The van der Waals surface area contributed by atoms with Crippen LogP contribution in [-0.2, 0) is 11.8 Å². The van der Waals surface area contributed by atoms with E-state index in [0.29, 0.717) is 17.3 Å². The zero-order valence-corrected chi connectivity index (χ0v) is 14.7. The molecule has 1 aliphatic rings. The first-order valence-corrected chi connectivity index (χ1v) is 8.65. The van der Waals surface area contributed by atoms with Crippen LogP contribution in [0.3, 0.4) is 0 Å². The fourth-order valence-electron chi connectivity index (χ4n) is 3.70. The fraction of sp³-hybridized carbons (Fsp3) is 0.368. The summed E-state index contributed by atoms with van der Waals surface area (Å²) in [6.45, 7) is 2.97. The van der Waals surface area contributed by atoms with Crippen molar-refractivity contribution in [3.05, 3.63) is 53.9 Å². The molecule has 6 nitrogen and oxygen atoms in total. The van der Waals surface area contributed by atoms with Crippen LogP contribution in [0.15, 0.2) is 42.6 Å². The van der Waals surface area contributed by atoms with Gasteiger partial charge in [0, 0.05) is 37.3 Å². The number of likely N-dealkylation sites (tertiary alicyclic amines) is 1. The molecule has 2 heterocycles. The van der Waals surface area contributed by atoms with Gasteiger partial charge in [0.05, 0.1) is 12.2 Å². The van der Waals surface area contributed by atoms with Crippen molar-refractivity contribution < 1.29 is 14.5 Å². The molecule has 2 amide bonds. The van der Waals surface area contributed by atoms with Gasteiger partial charge in [0.25, 0.3) is 5.91 Å². The maximum Gasteiger partial charge on any atom is 0.282 e. The Labute approximate surface area is 147 Å². The fourth-order valence-corrected chi connectivity index (χ4v) is 3.70. The van der Waals surface area contributed by atoms with E-state index < -0.39 is 5.91 Å². The average Bonchev–Trinajstić information content (AvgIpc) is 3.22. The van der Waals surface area contributed by atoms with E-state index >= 15 is 0 Å². The SMILES string of the molecule is C[C@@H](C(=O)Nc1ccc(C(N)=O)cc1)[NH+]1CCC[C@@H]1c1cccn1C. The van der Waals surface area contributed by atoms with Gasteiger partial charge in [-0.15, -0.1) is 0 Å². The van der Waals surface area contributed by atoms with Crippen molar-refractivity contribution in [3.8, 4) is 0 Å². The maximum absolute atomic E-state index is 12.7. The number of primary amides is 1. The number of carbonyl (C=O) groups excluding carboxylic acids is 2. The number of carbonyl (C=O) groups is 2. The Balaban J connectivity index is 1.69. The van der Waals surface area contributed by atoms with Crippen LogP contribution in [0.2, 0.25) is 0 Å². The second-order valence-electron chi connectivity index (χ2n) is 6.72. The zero-order chi connectivity index (χ0) is 18.0. The topological polar surface area (TPSA) is 81.6 Å². The summed E-state index contributed by atoms with van der Waals surface area (Å²) in [6.07, 6.45) is 4.27. The van der Waals surface area contributed by atoms with Crippen molar-refractivity contribution in [1.29, 1.82) is 0 Å². The molecule has 3 rings (SSSR count). The highest BCUT2D eigenvalue weighted by Crippen LogP contribution is 2.20. The van der Waals surface area contributed by atoms with Gasteiger partial charge in [-0.05, 0) is 43.3 Å². The lowest BCUT2D eigenvalue weighted by Crippen LogP contribution is -3.15. The van der Waals surface area contributed by atoms with Crippen LogP contribution in [-0.4, -0.2) is 29.0 Å². The monoisotopic (exact) mass is 341 g/mol. The molecule has 0 radical (unpaired) electrons. The summed E-state index contributed by atoms with van der Waals surface area (Å²) in [4.78, 5) is 25.1. The summed E-state index contributed by atoms with van der Waals surface area (Å²) in [5, 5.41) is 2.95. The van der Waals surface area contributed by atoms with E-state index in [0.717, 1.165) is 19.4 Å². The van der Waals surface area contributed by atoms with Crippen LogP contribution in [0.1, 0.15) is 41.9 Å². The molecule has 0 aliphatic carbocycles. The van der Waals surface area contributed by atoms with Crippen LogP contribution in [0.5, 0.6) is 0 Å². The predicted octanol–water partition coefficient (Wildman–Crippen LogP) is 0.871. The summed E-state index contributed by atoms with van der Waals surface area (Å²) in [7, 11) is 2.05. The molecule has 0 saturated carbocycles. The second-order valence-corrected chi connectivity index (χ2v) is 6.72. The normalized spacial score (nSPS) is 21.0. The number of nitrogens with two attached hydrogens (primary N) is 1. The number of hydrogen-bond acceptors (Lipinski definition) is 2. The lowest BCUT2D eigenvalue weighted by atomic mass is 10.1. The first-order valence-electron chi connectivity index (χ1n) is 8.65. The molecule has 1 aliphatic heterocycles. The number of anilines is 1. The summed E-state index contributed by atoms with van der Waals surface area (Å²) in [5.41, 5.74) is 7.62. The number of quaternary nitrogens is 1. The molecule has 25 heavy (non-hydrogen) atoms. The smallest absolute Gasteiger partial charge is 0.282 e. The van der Waals surface area contributed by atoms with Crippen LogP contribution in [0, 0.1) is 0 Å². The Morgan fingerprint density at radius 2 is 2.00 bits per heavy atom. The summed E-state index contributed by atoms with van der Waals surface area (Å²) in [6, 6.07) is 11.0. The minimum absolute atomic E-state index is 0.0112. The van der Waals surface area contributed by atoms with E-state index in [2.05, 4.69) is 35.3 Å². The van der Waals surface area contributed by atoms with Crippen molar-refractivity contribution in [1.82, 2.24) is 4.57 Å². The van der Waals surface area contributed by atoms with E-state index in [1.54, 1.807) is 24.3 Å². The highest BCUT2D eigenvalue weighted by Gasteiger charge is 2.38. The minimum atomic E-state index is -0.474. The van der Waals surface area contributed by atoms with E-state index in [1.807, 2.05) is 6.92 Å². The van der Waals surface area contributed by atoms with Gasteiger partial charge in [-0.2, -0.15) is 0 Å². The number of benzene rings is 1. The molecule has 2 aromatic rings. The maximum atomic E-state index is 12.7. The Hall–Kier alpha value is -2.60. The molecular weight excluding hydrogens is 316 g/mol. The van der Waals surface area contributed by atoms with Crippen LogP contribution < -0.4 is 16.0 Å². The van der Waals surface area contributed by atoms with E-state index in [9.17, 15) is 9.59 Å². The molecule has 0 bridgehead atoms. The quantitative estimate of drug-likeness (QED) is 0.754. The van der Waals surface area contributed by atoms with Crippen molar-refractivity contribution >= 4 is 17.5 Å². The van der Waals surface area contributed by atoms with E-state index in [-0.39, 0.29) is 11.9 Å². The van der Waals surface area contributed by atoms with Crippen molar-refractivity contribution in [2.24, 2.45) is 12.8 Å². The summed E-state index contributed by atoms with van der Waals surface area (Å²) < 4.78 is 2.14. The Morgan fingerprint density at radius 3 is 2.60 bits per heavy atom. The number of nitrogens with one attached hydrogen (secondary N) is 2. The van der Waals surface area contributed by atoms with Gasteiger partial charge in [-0.1, -0.05) is 0 Å². The van der Waals surface area contributed by atoms with Gasteiger partial charge >= 0.3 is 0 Å². The molecule has 1 aromatic carbocycles. The van der Waals surface area contributed by atoms with Gasteiger partial charge in [0.1, 0.15) is 6.04 Å². The number of hydrogen-bond donors (Lipinski definition) is 3. The van der Waals surface area contributed by atoms with Crippen LogP contribution in [0.4, 0.5) is 5.69 Å². The van der Waals surface area contributed by atoms with Gasteiger partial charge in [-0.3, -0.25) is 9.59 Å². The van der Waals surface area contributed by atoms with Gasteiger partial charge < -0.3 is 20.5 Å². The second kappa shape index (κ2) is 7.11. The molecule has 1 fully saturated rings. The third kappa shape index (κ3) is 3.58. The third-order valence-corrected chi connectivity index (χ3v) is 5.13. The first kappa shape index (κ1) is 17.2. The molecule has 132 valence electrons. The lowest BCUT2D eigenvalue weighted by molar-refractivity contribution is -0.932. The van der Waals surface area contributed by atoms with Gasteiger partial charge in [0.2, 0.25) is 5.91 Å². The first-order chi connectivity index (χ1) is 12.0. The average molecular weight is 341 g/mol. The van der Waals surface area contributed by atoms with E-state index in [1.165, 1.54) is 10.6 Å². The highest BCUT2D eigenvalue weighted by atomic mass is 16.2. The number of rotatable bonds is 5.